The third-order valence-corrected chi connectivity index (χ3v) is 5.14. The first kappa shape index (κ1) is 16.1. The van der Waals surface area contributed by atoms with Crippen molar-refractivity contribution in [3.8, 4) is 0 Å². The quantitative estimate of drug-likeness (QED) is 0.856. The van der Waals surface area contributed by atoms with Crippen LogP contribution < -0.4 is 4.90 Å². The van der Waals surface area contributed by atoms with Crippen molar-refractivity contribution in [1.29, 1.82) is 0 Å². The van der Waals surface area contributed by atoms with Gasteiger partial charge in [0.2, 0.25) is 11.8 Å². The van der Waals surface area contributed by atoms with E-state index in [0.29, 0.717) is 18.3 Å². The molecule has 1 amide bonds. The van der Waals surface area contributed by atoms with Crippen LogP contribution in [0.2, 0.25) is 0 Å². The lowest BCUT2D eigenvalue weighted by Crippen LogP contribution is -2.39. The summed E-state index contributed by atoms with van der Waals surface area (Å²) in [6, 6.07) is 8.26. The number of rotatable bonds is 4. The van der Waals surface area contributed by atoms with Crippen LogP contribution in [0.15, 0.2) is 28.8 Å². The minimum absolute atomic E-state index is 0.0784. The first-order valence-electron chi connectivity index (χ1n) is 9.09. The lowest BCUT2D eigenvalue weighted by atomic mass is 10.2. The average Bonchev–Trinajstić information content (AvgIpc) is 3.34. The number of hydrogen-bond acceptors (Lipinski definition) is 5. The van der Waals surface area contributed by atoms with E-state index in [4.69, 9.17) is 4.52 Å². The molecule has 1 saturated heterocycles. The van der Waals surface area contributed by atoms with E-state index in [1.54, 1.807) is 0 Å². The largest absolute Gasteiger partial charge is 0.362 e. The van der Waals surface area contributed by atoms with Crippen LogP contribution in [0.3, 0.4) is 0 Å². The van der Waals surface area contributed by atoms with Crippen molar-refractivity contribution >= 4 is 11.6 Å². The predicted molar refractivity (Wildman–Crippen MR) is 94.4 cm³/mol. The van der Waals surface area contributed by atoms with Gasteiger partial charge in [0, 0.05) is 24.7 Å². The molecule has 0 radical (unpaired) electrons. The minimum atomic E-state index is -0.0784. The Labute approximate surface area is 147 Å². The Morgan fingerprint density at radius 1 is 1.32 bits per heavy atom. The first-order valence-corrected chi connectivity index (χ1v) is 9.09. The van der Waals surface area contributed by atoms with Crippen LogP contribution in [0.4, 0.5) is 5.69 Å². The number of amides is 1. The smallest absolute Gasteiger partial charge is 0.249 e. The first-order chi connectivity index (χ1) is 12.1. The van der Waals surface area contributed by atoms with E-state index in [0.717, 1.165) is 32.4 Å². The fraction of sp³-hybridized carbons (Fsp3) is 0.526. The standard InChI is InChI=1S/C19H24N4O2/c1-13(2)18-20-19(25-21-18)16-8-5-10-23(16)17(24)12-22-11-9-14-6-3-4-7-15(14)22/h3-4,6-7,13,16H,5,8-12H2,1-2H3/t16-/m0/s1. The van der Waals surface area contributed by atoms with Crippen LogP contribution in [0.25, 0.3) is 0 Å². The molecule has 132 valence electrons. The van der Waals surface area contributed by atoms with Crippen molar-refractivity contribution in [2.75, 3.05) is 24.5 Å². The Balaban J connectivity index is 1.48. The molecule has 2 aliphatic rings. The molecule has 1 fully saturated rings. The molecule has 0 bridgehead atoms. The van der Waals surface area contributed by atoms with Crippen molar-refractivity contribution in [3.63, 3.8) is 0 Å². The number of benzene rings is 1. The Kier molecular flexibility index (Phi) is 4.19. The van der Waals surface area contributed by atoms with Gasteiger partial charge in [0.15, 0.2) is 5.82 Å². The summed E-state index contributed by atoms with van der Waals surface area (Å²) in [7, 11) is 0. The van der Waals surface area contributed by atoms with Crippen LogP contribution in [0.5, 0.6) is 0 Å². The van der Waals surface area contributed by atoms with Crippen LogP contribution in [-0.4, -0.2) is 40.6 Å². The van der Waals surface area contributed by atoms with Gasteiger partial charge in [-0.3, -0.25) is 4.79 Å². The molecule has 0 N–H and O–H groups in total. The summed E-state index contributed by atoms with van der Waals surface area (Å²) in [6.45, 7) is 6.16. The number of carbonyl (C=O) groups excluding carboxylic acids is 1. The predicted octanol–water partition coefficient (Wildman–Crippen LogP) is 2.92. The molecule has 0 spiro atoms. The molecule has 6 heteroatoms. The number of para-hydroxylation sites is 1. The number of anilines is 1. The van der Waals surface area contributed by atoms with Crippen LogP contribution in [0, 0.1) is 0 Å². The molecule has 1 aromatic heterocycles. The summed E-state index contributed by atoms with van der Waals surface area (Å²) in [6.07, 6.45) is 2.88. The molecule has 6 nitrogen and oxygen atoms in total. The van der Waals surface area contributed by atoms with E-state index < -0.39 is 0 Å². The Morgan fingerprint density at radius 3 is 2.96 bits per heavy atom. The minimum Gasteiger partial charge on any atom is -0.362 e. The van der Waals surface area contributed by atoms with E-state index in [-0.39, 0.29) is 17.9 Å². The molecule has 2 aromatic rings. The molecular formula is C19H24N4O2. The number of carbonyl (C=O) groups is 1. The van der Waals surface area contributed by atoms with E-state index in [1.807, 2.05) is 24.8 Å². The summed E-state index contributed by atoms with van der Waals surface area (Å²) in [5.41, 5.74) is 2.51. The molecule has 3 heterocycles. The maximum atomic E-state index is 12.9. The molecule has 25 heavy (non-hydrogen) atoms. The highest BCUT2D eigenvalue weighted by atomic mass is 16.5. The van der Waals surface area contributed by atoms with Gasteiger partial charge in [-0.25, -0.2) is 0 Å². The molecule has 2 aliphatic heterocycles. The zero-order valence-corrected chi connectivity index (χ0v) is 14.8. The van der Waals surface area contributed by atoms with Crippen LogP contribution in [0.1, 0.15) is 55.9 Å². The second-order valence-electron chi connectivity index (χ2n) is 7.19. The monoisotopic (exact) mass is 340 g/mol. The van der Waals surface area contributed by atoms with Gasteiger partial charge in [-0.05, 0) is 30.9 Å². The van der Waals surface area contributed by atoms with Gasteiger partial charge in [0.1, 0.15) is 6.04 Å². The number of fused-ring (bicyclic) bond motifs is 1. The van der Waals surface area contributed by atoms with Crippen molar-refractivity contribution in [2.45, 2.75) is 45.1 Å². The van der Waals surface area contributed by atoms with E-state index in [9.17, 15) is 4.79 Å². The van der Waals surface area contributed by atoms with Gasteiger partial charge >= 0.3 is 0 Å². The number of hydrogen-bond donors (Lipinski definition) is 0. The van der Waals surface area contributed by atoms with Crippen molar-refractivity contribution in [3.05, 3.63) is 41.5 Å². The van der Waals surface area contributed by atoms with Crippen molar-refractivity contribution in [1.82, 2.24) is 15.0 Å². The normalized spacial score (nSPS) is 19.7. The maximum Gasteiger partial charge on any atom is 0.249 e. The second-order valence-corrected chi connectivity index (χ2v) is 7.19. The molecule has 0 aliphatic carbocycles. The topological polar surface area (TPSA) is 62.5 Å². The van der Waals surface area contributed by atoms with E-state index >= 15 is 0 Å². The molecule has 4 rings (SSSR count). The average molecular weight is 340 g/mol. The van der Waals surface area contributed by atoms with Crippen LogP contribution >= 0.6 is 0 Å². The van der Waals surface area contributed by atoms with Crippen LogP contribution in [-0.2, 0) is 11.2 Å². The summed E-state index contributed by atoms with van der Waals surface area (Å²) < 4.78 is 5.45. The fourth-order valence-corrected chi connectivity index (χ4v) is 3.76. The number of aromatic nitrogens is 2. The van der Waals surface area contributed by atoms with Gasteiger partial charge in [-0.1, -0.05) is 37.2 Å². The van der Waals surface area contributed by atoms with E-state index in [2.05, 4.69) is 33.2 Å². The summed E-state index contributed by atoms with van der Waals surface area (Å²) in [5, 5.41) is 4.05. The molecule has 1 atom stereocenters. The maximum absolute atomic E-state index is 12.9. The highest BCUT2D eigenvalue weighted by Crippen LogP contribution is 2.33. The number of likely N-dealkylation sites (tertiary alicyclic amines) is 1. The third kappa shape index (κ3) is 3.01. The lowest BCUT2D eigenvalue weighted by molar-refractivity contribution is -0.131. The van der Waals surface area contributed by atoms with E-state index in [1.165, 1.54) is 11.3 Å². The van der Waals surface area contributed by atoms with Gasteiger partial charge in [-0.15, -0.1) is 0 Å². The van der Waals surface area contributed by atoms with Crippen molar-refractivity contribution < 1.29 is 9.32 Å². The summed E-state index contributed by atoms with van der Waals surface area (Å²) in [5.74, 6) is 1.66. The Morgan fingerprint density at radius 2 is 2.16 bits per heavy atom. The Hall–Kier alpha value is -2.37. The summed E-state index contributed by atoms with van der Waals surface area (Å²) in [4.78, 5) is 21.5. The zero-order valence-electron chi connectivity index (χ0n) is 14.8. The highest BCUT2D eigenvalue weighted by molar-refractivity contribution is 5.83. The Bertz CT molecular complexity index is 770. The second kappa shape index (κ2) is 6.50. The van der Waals surface area contributed by atoms with Gasteiger partial charge < -0.3 is 14.3 Å². The third-order valence-electron chi connectivity index (χ3n) is 5.14. The van der Waals surface area contributed by atoms with Gasteiger partial charge in [0.05, 0.1) is 6.54 Å². The molecule has 0 saturated carbocycles. The number of nitrogens with zero attached hydrogens (tertiary/aromatic N) is 4. The zero-order chi connectivity index (χ0) is 17.4. The molecular weight excluding hydrogens is 316 g/mol. The SMILES string of the molecule is CC(C)c1noc([C@@H]2CCCN2C(=O)CN2CCc3ccccc32)n1. The fourth-order valence-electron chi connectivity index (χ4n) is 3.76. The summed E-state index contributed by atoms with van der Waals surface area (Å²) >= 11 is 0. The molecule has 1 aromatic carbocycles. The lowest BCUT2D eigenvalue weighted by Gasteiger charge is -2.26. The molecule has 0 unspecified atom stereocenters. The van der Waals surface area contributed by atoms with Crippen molar-refractivity contribution in [2.24, 2.45) is 0 Å². The van der Waals surface area contributed by atoms with Gasteiger partial charge in [0.25, 0.3) is 0 Å². The van der Waals surface area contributed by atoms with Gasteiger partial charge in [-0.2, -0.15) is 4.98 Å². The highest BCUT2D eigenvalue weighted by Gasteiger charge is 2.35.